The molecular formula is C22H17I2NO2. The summed E-state index contributed by atoms with van der Waals surface area (Å²) >= 11 is 4.93. The van der Waals surface area contributed by atoms with Gasteiger partial charge in [0.05, 0.1) is 11.4 Å². The molecule has 0 saturated carbocycles. The molecule has 3 aromatic carbocycles. The Balaban J connectivity index is 1.75. The molecule has 0 unspecified atom stereocenters. The maximum atomic E-state index is 13.1. The minimum atomic E-state index is -0.361. The van der Waals surface area contributed by atoms with Gasteiger partial charge < -0.3 is 4.74 Å². The zero-order chi connectivity index (χ0) is 19.0. The maximum absolute atomic E-state index is 13.1. The minimum Gasteiger partial charge on any atom is -0.444 e. The first-order valence-electron chi connectivity index (χ1n) is 8.58. The standard InChI is InChI=1S/C22H17I2NO2/c1-15-11-12-20-18(13-15)22(23,24)17-9-5-6-10-19(17)25(20)21(26)27-14-16-7-3-2-4-8-16/h2-13H,14H2,1H3. The van der Waals surface area contributed by atoms with Gasteiger partial charge in [-0.15, -0.1) is 0 Å². The number of hydrogen-bond acceptors (Lipinski definition) is 2. The van der Waals surface area contributed by atoms with Crippen molar-refractivity contribution in [2.75, 3.05) is 4.90 Å². The van der Waals surface area contributed by atoms with E-state index in [1.54, 1.807) is 4.90 Å². The van der Waals surface area contributed by atoms with Crippen LogP contribution in [0.25, 0.3) is 0 Å². The van der Waals surface area contributed by atoms with Gasteiger partial charge in [0, 0.05) is 11.1 Å². The lowest BCUT2D eigenvalue weighted by Gasteiger charge is -2.38. The topological polar surface area (TPSA) is 29.5 Å². The summed E-state index contributed by atoms with van der Waals surface area (Å²) in [6, 6.07) is 24.0. The lowest BCUT2D eigenvalue weighted by molar-refractivity contribution is 0.150. The van der Waals surface area contributed by atoms with Crippen LogP contribution in [-0.2, 0) is 12.8 Å². The first-order chi connectivity index (χ1) is 13.0. The lowest BCUT2D eigenvalue weighted by atomic mass is 9.94. The average molecular weight is 581 g/mol. The Labute approximate surface area is 186 Å². The number of ether oxygens (including phenoxy) is 1. The van der Waals surface area contributed by atoms with Crippen molar-refractivity contribution in [3.63, 3.8) is 0 Å². The summed E-state index contributed by atoms with van der Waals surface area (Å²) in [5.41, 5.74) is 6.10. The number of carbonyl (C=O) groups is 1. The second-order valence-corrected chi connectivity index (χ2v) is 11.8. The summed E-state index contributed by atoms with van der Waals surface area (Å²) in [5.74, 6) is 0. The molecule has 0 saturated heterocycles. The normalized spacial score (nSPS) is 14.3. The number of carbonyl (C=O) groups excluding carboxylic acids is 1. The van der Waals surface area contributed by atoms with Crippen LogP contribution in [0.2, 0.25) is 0 Å². The van der Waals surface area contributed by atoms with Crippen LogP contribution in [0, 0.1) is 6.92 Å². The Kier molecular flexibility index (Phi) is 5.15. The van der Waals surface area contributed by atoms with Crippen LogP contribution < -0.4 is 4.90 Å². The third-order valence-corrected chi connectivity index (χ3v) is 6.93. The minimum absolute atomic E-state index is 0.246. The van der Waals surface area contributed by atoms with Crippen molar-refractivity contribution in [2.24, 2.45) is 0 Å². The first kappa shape index (κ1) is 18.7. The van der Waals surface area contributed by atoms with E-state index in [9.17, 15) is 4.79 Å². The molecular weight excluding hydrogens is 564 g/mol. The number of para-hydroxylation sites is 1. The van der Waals surface area contributed by atoms with Crippen molar-refractivity contribution in [3.05, 3.63) is 95.1 Å². The molecule has 1 heterocycles. The van der Waals surface area contributed by atoms with Gasteiger partial charge in [-0.3, -0.25) is 0 Å². The quantitative estimate of drug-likeness (QED) is 0.245. The molecule has 3 aromatic rings. The van der Waals surface area contributed by atoms with Gasteiger partial charge in [-0.25, -0.2) is 9.69 Å². The Morgan fingerprint density at radius 1 is 0.926 bits per heavy atom. The van der Waals surface area contributed by atoms with E-state index in [1.807, 2.05) is 60.7 Å². The Bertz CT molecular complexity index is 1000. The highest BCUT2D eigenvalue weighted by molar-refractivity contribution is 14.2. The van der Waals surface area contributed by atoms with E-state index in [0.29, 0.717) is 0 Å². The van der Waals surface area contributed by atoms with Crippen LogP contribution in [0.3, 0.4) is 0 Å². The summed E-state index contributed by atoms with van der Waals surface area (Å²) in [6.07, 6.45) is -0.361. The summed E-state index contributed by atoms with van der Waals surface area (Å²) < 4.78 is 5.42. The van der Waals surface area contributed by atoms with Gasteiger partial charge in [0.25, 0.3) is 0 Å². The fourth-order valence-corrected chi connectivity index (χ4v) is 5.06. The van der Waals surface area contributed by atoms with E-state index in [4.69, 9.17) is 4.74 Å². The van der Waals surface area contributed by atoms with Gasteiger partial charge in [-0.1, -0.05) is 111 Å². The maximum Gasteiger partial charge on any atom is 0.419 e. The van der Waals surface area contributed by atoms with Gasteiger partial charge in [0.2, 0.25) is 0 Å². The number of hydrogen-bond donors (Lipinski definition) is 0. The smallest absolute Gasteiger partial charge is 0.419 e. The van der Waals surface area contributed by atoms with Crippen molar-refractivity contribution in [2.45, 2.75) is 15.0 Å². The van der Waals surface area contributed by atoms with Gasteiger partial charge in [0.1, 0.15) is 8.04 Å². The number of fused-ring (bicyclic) bond motifs is 2. The van der Waals surface area contributed by atoms with E-state index >= 15 is 0 Å². The SMILES string of the molecule is Cc1ccc2c(c1)C(I)(I)c1ccccc1N2C(=O)OCc1ccccc1. The fraction of sp³-hybridized carbons (Fsp3) is 0.136. The Morgan fingerprint density at radius 3 is 2.37 bits per heavy atom. The van der Waals surface area contributed by atoms with Crippen LogP contribution in [0.4, 0.5) is 16.2 Å². The molecule has 0 aromatic heterocycles. The molecule has 1 aliphatic heterocycles. The fourth-order valence-electron chi connectivity index (χ4n) is 3.29. The van der Waals surface area contributed by atoms with Crippen molar-refractivity contribution in [1.82, 2.24) is 0 Å². The number of halogens is 2. The van der Waals surface area contributed by atoms with E-state index in [2.05, 4.69) is 64.2 Å². The molecule has 0 bridgehead atoms. The highest BCUT2D eigenvalue weighted by atomic mass is 127. The number of nitrogens with zero attached hydrogens (tertiary/aromatic N) is 1. The zero-order valence-corrected chi connectivity index (χ0v) is 19.0. The van der Waals surface area contributed by atoms with E-state index in [0.717, 1.165) is 28.1 Å². The summed E-state index contributed by atoms with van der Waals surface area (Å²) in [6.45, 7) is 2.32. The first-order valence-corrected chi connectivity index (χ1v) is 10.7. The van der Waals surface area contributed by atoms with Gasteiger partial charge in [-0.2, -0.15) is 0 Å². The number of anilines is 2. The Hall–Kier alpha value is -1.61. The zero-order valence-electron chi connectivity index (χ0n) is 14.7. The highest BCUT2D eigenvalue weighted by Gasteiger charge is 2.41. The molecule has 0 atom stereocenters. The third kappa shape index (κ3) is 3.47. The number of aryl methyl sites for hydroxylation is 1. The molecule has 27 heavy (non-hydrogen) atoms. The van der Waals surface area contributed by atoms with Crippen molar-refractivity contribution in [1.29, 1.82) is 0 Å². The Morgan fingerprint density at radius 2 is 1.59 bits per heavy atom. The molecule has 1 aliphatic rings. The summed E-state index contributed by atoms with van der Waals surface area (Å²) in [5, 5.41) is 0. The molecule has 0 fully saturated rings. The average Bonchev–Trinajstić information content (AvgIpc) is 2.68. The molecule has 5 heteroatoms. The van der Waals surface area contributed by atoms with Crippen molar-refractivity contribution < 1.29 is 9.53 Å². The predicted molar refractivity (Wildman–Crippen MR) is 125 cm³/mol. The highest BCUT2D eigenvalue weighted by Crippen LogP contribution is 2.56. The lowest BCUT2D eigenvalue weighted by Crippen LogP contribution is -2.34. The molecule has 0 aliphatic carbocycles. The summed E-state index contributed by atoms with van der Waals surface area (Å²) in [4.78, 5) is 14.8. The predicted octanol–water partition coefficient (Wildman–Crippen LogP) is 6.85. The molecule has 136 valence electrons. The summed E-state index contributed by atoms with van der Waals surface area (Å²) in [7, 11) is 0. The van der Waals surface area contributed by atoms with Crippen LogP contribution in [0.5, 0.6) is 0 Å². The van der Waals surface area contributed by atoms with Crippen LogP contribution in [-0.4, -0.2) is 6.09 Å². The molecule has 4 rings (SSSR count). The van der Waals surface area contributed by atoms with Gasteiger partial charge >= 0.3 is 6.09 Å². The monoisotopic (exact) mass is 581 g/mol. The molecule has 0 N–H and O–H groups in total. The van der Waals surface area contributed by atoms with Crippen molar-refractivity contribution in [3.8, 4) is 0 Å². The number of benzene rings is 3. The number of amides is 1. The van der Waals surface area contributed by atoms with E-state index in [1.165, 1.54) is 5.56 Å². The van der Waals surface area contributed by atoms with Crippen molar-refractivity contribution >= 4 is 62.6 Å². The van der Waals surface area contributed by atoms with Gasteiger partial charge in [0.15, 0.2) is 0 Å². The van der Waals surface area contributed by atoms with Crippen LogP contribution >= 0.6 is 45.2 Å². The second-order valence-electron chi connectivity index (χ2n) is 6.49. The van der Waals surface area contributed by atoms with E-state index < -0.39 is 0 Å². The number of rotatable bonds is 2. The molecule has 3 nitrogen and oxygen atoms in total. The number of alkyl halides is 2. The molecule has 1 amide bonds. The second kappa shape index (κ2) is 7.43. The third-order valence-electron chi connectivity index (χ3n) is 4.60. The molecule has 0 spiro atoms. The molecule has 0 radical (unpaired) electrons. The van der Waals surface area contributed by atoms with Gasteiger partial charge in [-0.05, 0) is 24.6 Å². The van der Waals surface area contributed by atoms with Crippen LogP contribution in [0.15, 0.2) is 72.8 Å². The van der Waals surface area contributed by atoms with Crippen LogP contribution in [0.1, 0.15) is 22.3 Å². The largest absolute Gasteiger partial charge is 0.444 e. The van der Waals surface area contributed by atoms with E-state index in [-0.39, 0.29) is 14.1 Å².